The van der Waals surface area contributed by atoms with E-state index in [2.05, 4.69) is 10.1 Å². The maximum absolute atomic E-state index is 5.82. The van der Waals surface area contributed by atoms with Crippen LogP contribution in [0, 0.1) is 0 Å². The zero-order valence-corrected chi connectivity index (χ0v) is 10.6. The molecule has 0 saturated carbocycles. The Morgan fingerprint density at radius 1 is 1.21 bits per heavy atom. The molecule has 2 N–H and O–H groups in total. The maximum Gasteiger partial charge on any atom is 0.239 e. The van der Waals surface area contributed by atoms with Crippen molar-refractivity contribution in [2.24, 2.45) is 0 Å². The van der Waals surface area contributed by atoms with E-state index in [-0.39, 0.29) is 0 Å². The summed E-state index contributed by atoms with van der Waals surface area (Å²) in [5, 5.41) is 5.42. The number of nitrogen functional groups attached to an aromatic ring is 1. The molecule has 0 unspecified atom stereocenters. The van der Waals surface area contributed by atoms with E-state index in [0.717, 1.165) is 10.9 Å². The Bertz CT molecular complexity index is 720. The van der Waals surface area contributed by atoms with E-state index >= 15 is 0 Å². The van der Waals surface area contributed by atoms with E-state index in [1.807, 2.05) is 43.5 Å². The van der Waals surface area contributed by atoms with Gasteiger partial charge in [-0.2, -0.15) is 10.1 Å². The maximum atomic E-state index is 5.82. The van der Waals surface area contributed by atoms with Gasteiger partial charge in [-0.25, -0.2) is 4.68 Å². The molecule has 0 spiro atoms. The Balaban J connectivity index is 2.13. The fraction of sp³-hybridized carbons (Fsp3) is 0.143. The van der Waals surface area contributed by atoms with E-state index in [9.17, 15) is 0 Å². The summed E-state index contributed by atoms with van der Waals surface area (Å²) in [6.45, 7) is 2.43. The lowest BCUT2D eigenvalue weighted by molar-refractivity contribution is 0.328. The molecule has 0 saturated heterocycles. The van der Waals surface area contributed by atoms with Gasteiger partial charge < -0.3 is 10.5 Å². The first-order valence-electron chi connectivity index (χ1n) is 6.12. The Labute approximate surface area is 110 Å². The number of para-hydroxylation sites is 1. The minimum absolute atomic E-state index is 0.444. The van der Waals surface area contributed by atoms with Gasteiger partial charge in [-0.15, -0.1) is 0 Å². The second-order valence-corrected chi connectivity index (χ2v) is 4.11. The van der Waals surface area contributed by atoms with Crippen LogP contribution in [0.3, 0.4) is 0 Å². The van der Waals surface area contributed by atoms with Gasteiger partial charge in [0.2, 0.25) is 5.88 Å². The van der Waals surface area contributed by atoms with Gasteiger partial charge in [0, 0.05) is 5.39 Å². The van der Waals surface area contributed by atoms with Crippen LogP contribution in [0.2, 0.25) is 0 Å². The molecule has 2 aromatic heterocycles. The van der Waals surface area contributed by atoms with E-state index < -0.39 is 0 Å². The molecule has 5 nitrogen and oxygen atoms in total. The van der Waals surface area contributed by atoms with Gasteiger partial charge in [-0.05, 0) is 25.1 Å². The number of aromatic nitrogens is 3. The molecule has 3 rings (SSSR count). The smallest absolute Gasteiger partial charge is 0.239 e. The van der Waals surface area contributed by atoms with Crippen LogP contribution in [0.1, 0.15) is 6.92 Å². The molecule has 0 amide bonds. The number of anilines is 1. The molecule has 0 radical (unpaired) electrons. The topological polar surface area (TPSA) is 66.0 Å². The van der Waals surface area contributed by atoms with E-state index in [4.69, 9.17) is 10.5 Å². The number of rotatable bonds is 3. The number of benzene rings is 1. The van der Waals surface area contributed by atoms with Gasteiger partial charge in [0.05, 0.1) is 24.0 Å². The Kier molecular flexibility index (Phi) is 2.79. The third-order valence-electron chi connectivity index (χ3n) is 2.85. The largest absolute Gasteiger partial charge is 0.476 e. The van der Waals surface area contributed by atoms with Crippen molar-refractivity contribution >= 4 is 16.6 Å². The third-order valence-corrected chi connectivity index (χ3v) is 2.85. The summed E-state index contributed by atoms with van der Waals surface area (Å²) in [6.07, 6.45) is 1.81. The van der Waals surface area contributed by atoms with Gasteiger partial charge in [-0.1, -0.05) is 18.2 Å². The summed E-state index contributed by atoms with van der Waals surface area (Å²) >= 11 is 0. The molecule has 0 aliphatic carbocycles. The minimum atomic E-state index is 0.444. The molecule has 0 fully saturated rings. The van der Waals surface area contributed by atoms with Crippen molar-refractivity contribution in [3.63, 3.8) is 0 Å². The summed E-state index contributed by atoms with van der Waals surface area (Å²) in [4.78, 5) is 4.41. The predicted molar refractivity (Wildman–Crippen MR) is 74.4 cm³/mol. The first kappa shape index (κ1) is 11.5. The lowest BCUT2D eigenvalue weighted by Gasteiger charge is -2.08. The van der Waals surface area contributed by atoms with Crippen LogP contribution in [0.5, 0.6) is 5.88 Å². The number of ether oxygens (including phenoxy) is 1. The summed E-state index contributed by atoms with van der Waals surface area (Å²) in [5.74, 6) is 1.14. The van der Waals surface area contributed by atoms with Crippen LogP contribution < -0.4 is 10.5 Å². The molecule has 1 aromatic carbocycles. The highest BCUT2D eigenvalue weighted by Gasteiger charge is 2.08. The quantitative estimate of drug-likeness (QED) is 0.779. The first-order chi connectivity index (χ1) is 9.29. The van der Waals surface area contributed by atoms with Crippen molar-refractivity contribution in [2.75, 3.05) is 12.3 Å². The van der Waals surface area contributed by atoms with Crippen molar-refractivity contribution < 1.29 is 4.74 Å². The molecule has 96 valence electrons. The molecule has 0 atom stereocenters. The van der Waals surface area contributed by atoms with Gasteiger partial charge in [0.15, 0.2) is 5.82 Å². The Morgan fingerprint density at radius 3 is 2.89 bits per heavy atom. The first-order valence-corrected chi connectivity index (χ1v) is 6.12. The van der Waals surface area contributed by atoms with Gasteiger partial charge in [-0.3, -0.25) is 0 Å². The fourth-order valence-corrected chi connectivity index (χ4v) is 1.97. The third kappa shape index (κ3) is 1.99. The minimum Gasteiger partial charge on any atom is -0.476 e. The highest BCUT2D eigenvalue weighted by Crippen LogP contribution is 2.22. The van der Waals surface area contributed by atoms with E-state index in [1.54, 1.807) is 10.7 Å². The highest BCUT2D eigenvalue weighted by molar-refractivity contribution is 5.79. The molecule has 19 heavy (non-hydrogen) atoms. The number of pyridine rings is 1. The standard InChI is InChI=1S/C14H14N4O/c1-2-19-14-11(15)7-8-13(17-14)18-12-6-4-3-5-10(12)9-16-18/h3-9H,2,15H2,1H3. The van der Waals surface area contributed by atoms with Crippen molar-refractivity contribution in [3.8, 4) is 11.7 Å². The zero-order valence-electron chi connectivity index (χ0n) is 10.6. The second kappa shape index (κ2) is 4.61. The summed E-state index contributed by atoms with van der Waals surface area (Å²) in [7, 11) is 0. The second-order valence-electron chi connectivity index (χ2n) is 4.11. The molecule has 5 heteroatoms. The van der Waals surface area contributed by atoms with Gasteiger partial charge >= 0.3 is 0 Å². The predicted octanol–water partition coefficient (Wildman–Crippen LogP) is 2.40. The van der Waals surface area contributed by atoms with Gasteiger partial charge in [0.1, 0.15) is 0 Å². The number of fused-ring (bicyclic) bond motifs is 1. The summed E-state index contributed by atoms with van der Waals surface area (Å²) in [5.41, 5.74) is 7.36. The zero-order chi connectivity index (χ0) is 13.2. The van der Waals surface area contributed by atoms with Crippen molar-refractivity contribution in [1.29, 1.82) is 0 Å². The monoisotopic (exact) mass is 254 g/mol. The Morgan fingerprint density at radius 2 is 2.05 bits per heavy atom. The average molecular weight is 254 g/mol. The summed E-state index contributed by atoms with van der Waals surface area (Å²) < 4.78 is 7.19. The Hall–Kier alpha value is -2.56. The number of nitrogens with zero attached hydrogens (tertiary/aromatic N) is 3. The lowest BCUT2D eigenvalue weighted by Crippen LogP contribution is -2.04. The van der Waals surface area contributed by atoms with Crippen LogP contribution in [-0.2, 0) is 0 Å². The van der Waals surface area contributed by atoms with E-state index in [1.165, 1.54) is 0 Å². The SMILES string of the molecule is CCOc1nc(-n2ncc3ccccc32)ccc1N. The number of hydrogen-bond acceptors (Lipinski definition) is 4. The van der Waals surface area contributed by atoms with E-state index in [0.29, 0.717) is 24.0 Å². The van der Waals surface area contributed by atoms with Crippen LogP contribution >= 0.6 is 0 Å². The molecule has 3 aromatic rings. The lowest BCUT2D eigenvalue weighted by atomic mass is 10.2. The normalized spacial score (nSPS) is 10.8. The van der Waals surface area contributed by atoms with Crippen molar-refractivity contribution in [2.45, 2.75) is 6.92 Å². The fourth-order valence-electron chi connectivity index (χ4n) is 1.97. The molecule has 0 bridgehead atoms. The summed E-state index contributed by atoms with van der Waals surface area (Å²) in [6, 6.07) is 11.6. The molecule has 2 heterocycles. The highest BCUT2D eigenvalue weighted by atomic mass is 16.5. The molecule has 0 aliphatic rings. The number of hydrogen-bond donors (Lipinski definition) is 1. The van der Waals surface area contributed by atoms with Crippen LogP contribution in [-0.4, -0.2) is 21.4 Å². The molecular formula is C14H14N4O. The van der Waals surface area contributed by atoms with Crippen LogP contribution in [0.15, 0.2) is 42.6 Å². The number of nitrogens with two attached hydrogens (primary N) is 1. The van der Waals surface area contributed by atoms with Crippen molar-refractivity contribution in [3.05, 3.63) is 42.6 Å². The van der Waals surface area contributed by atoms with Crippen LogP contribution in [0.4, 0.5) is 5.69 Å². The molecular weight excluding hydrogens is 240 g/mol. The van der Waals surface area contributed by atoms with Gasteiger partial charge in [0.25, 0.3) is 0 Å². The molecule has 0 aliphatic heterocycles. The van der Waals surface area contributed by atoms with Crippen LogP contribution in [0.25, 0.3) is 16.7 Å². The van der Waals surface area contributed by atoms with Crippen molar-refractivity contribution in [1.82, 2.24) is 14.8 Å². The average Bonchev–Trinajstić information content (AvgIpc) is 2.85.